The van der Waals surface area contributed by atoms with Crippen molar-refractivity contribution in [3.63, 3.8) is 0 Å². The lowest BCUT2D eigenvalue weighted by Gasteiger charge is -2.15. The van der Waals surface area contributed by atoms with Gasteiger partial charge in [-0.2, -0.15) is 0 Å². The van der Waals surface area contributed by atoms with Crippen molar-refractivity contribution in [1.82, 2.24) is 4.98 Å². The molecule has 0 fully saturated rings. The maximum Gasteiger partial charge on any atom is 0.113 e. The van der Waals surface area contributed by atoms with Crippen molar-refractivity contribution in [3.05, 3.63) is 30.1 Å². The zero-order valence-electron chi connectivity index (χ0n) is 6.59. The van der Waals surface area contributed by atoms with Gasteiger partial charge in [-0.15, -0.1) is 0 Å². The summed E-state index contributed by atoms with van der Waals surface area (Å²) in [5.74, 6) is 0. The van der Waals surface area contributed by atoms with Gasteiger partial charge in [-0.05, 0) is 12.1 Å². The minimum absolute atomic E-state index is 0.252. The Morgan fingerprint density at radius 3 is 2.75 bits per heavy atom. The second kappa shape index (κ2) is 4.15. The summed E-state index contributed by atoms with van der Waals surface area (Å²) in [5.41, 5.74) is 5.89. The van der Waals surface area contributed by atoms with E-state index in [1.165, 1.54) is 0 Å². The van der Waals surface area contributed by atoms with Crippen molar-refractivity contribution in [3.8, 4) is 0 Å². The fourth-order valence-corrected chi connectivity index (χ4v) is 0.870. The summed E-state index contributed by atoms with van der Waals surface area (Å²) in [6, 6.07) is 4.51. The number of aromatic nitrogens is 1. The highest BCUT2D eigenvalue weighted by Gasteiger charge is 2.16. The van der Waals surface area contributed by atoms with Crippen LogP contribution in [0.2, 0.25) is 0 Å². The van der Waals surface area contributed by atoms with Gasteiger partial charge in [0, 0.05) is 6.20 Å². The number of nitrogens with zero attached hydrogens (tertiary/aromatic N) is 1. The van der Waals surface area contributed by atoms with Crippen LogP contribution in [-0.2, 0) is 0 Å². The fourth-order valence-electron chi connectivity index (χ4n) is 0.870. The molecule has 0 saturated carbocycles. The lowest BCUT2D eigenvalue weighted by atomic mass is 10.1. The molecule has 0 bridgehead atoms. The number of hydrogen-bond donors (Lipinski definition) is 3. The van der Waals surface area contributed by atoms with Crippen LogP contribution in [0.25, 0.3) is 0 Å². The highest BCUT2D eigenvalue weighted by Crippen LogP contribution is 2.11. The van der Waals surface area contributed by atoms with Crippen molar-refractivity contribution < 1.29 is 10.2 Å². The Hall–Kier alpha value is -0.970. The second-order valence-corrected chi connectivity index (χ2v) is 2.55. The molecule has 12 heavy (non-hydrogen) atoms. The minimum Gasteiger partial charge on any atom is -0.395 e. The van der Waals surface area contributed by atoms with Gasteiger partial charge < -0.3 is 15.9 Å². The van der Waals surface area contributed by atoms with Crippen LogP contribution in [0.3, 0.4) is 0 Å². The molecule has 0 spiro atoms. The van der Waals surface area contributed by atoms with E-state index in [4.69, 9.17) is 10.8 Å². The second-order valence-electron chi connectivity index (χ2n) is 2.55. The summed E-state index contributed by atoms with van der Waals surface area (Å²) in [4.78, 5) is 3.91. The van der Waals surface area contributed by atoms with Gasteiger partial charge in [-0.1, -0.05) is 6.07 Å². The quantitative estimate of drug-likeness (QED) is 0.565. The van der Waals surface area contributed by atoms with Crippen LogP contribution in [0.4, 0.5) is 0 Å². The molecule has 66 valence electrons. The molecule has 0 radical (unpaired) electrons. The van der Waals surface area contributed by atoms with Crippen molar-refractivity contribution >= 4 is 0 Å². The topological polar surface area (TPSA) is 79.4 Å². The maximum absolute atomic E-state index is 9.44. The lowest BCUT2D eigenvalue weighted by Crippen LogP contribution is -2.32. The molecule has 0 saturated heterocycles. The molecule has 0 aliphatic carbocycles. The van der Waals surface area contributed by atoms with Crippen LogP contribution in [-0.4, -0.2) is 27.8 Å². The average Bonchev–Trinajstić information content (AvgIpc) is 2.17. The molecule has 4 heteroatoms. The zero-order chi connectivity index (χ0) is 8.97. The first kappa shape index (κ1) is 9.12. The van der Waals surface area contributed by atoms with Crippen molar-refractivity contribution in [2.45, 2.75) is 12.1 Å². The molecule has 0 aliphatic heterocycles. The molecule has 2 atom stereocenters. The van der Waals surface area contributed by atoms with E-state index in [9.17, 15) is 5.11 Å². The van der Waals surface area contributed by atoms with Gasteiger partial charge in [0.15, 0.2) is 0 Å². The summed E-state index contributed by atoms with van der Waals surface area (Å²) in [6.45, 7) is -0.252. The van der Waals surface area contributed by atoms with Gasteiger partial charge in [0.25, 0.3) is 0 Å². The Morgan fingerprint density at radius 2 is 2.25 bits per heavy atom. The first-order valence-corrected chi connectivity index (χ1v) is 3.71. The van der Waals surface area contributed by atoms with Crippen LogP contribution in [0, 0.1) is 0 Å². The number of nitrogens with two attached hydrogens (primary N) is 1. The third-order valence-electron chi connectivity index (χ3n) is 1.61. The molecule has 0 amide bonds. The van der Waals surface area contributed by atoms with E-state index in [0.29, 0.717) is 5.69 Å². The summed E-state index contributed by atoms with van der Waals surface area (Å²) in [6.07, 6.45) is 0.680. The zero-order valence-corrected chi connectivity index (χ0v) is 6.59. The summed E-state index contributed by atoms with van der Waals surface area (Å²) in [7, 11) is 0. The molecule has 0 unspecified atom stereocenters. The number of rotatable bonds is 3. The molecule has 1 heterocycles. The number of aliphatic hydroxyl groups excluding tert-OH is 2. The third-order valence-corrected chi connectivity index (χ3v) is 1.61. The van der Waals surface area contributed by atoms with Gasteiger partial charge in [0.1, 0.15) is 6.10 Å². The molecule has 4 N–H and O–H groups in total. The summed E-state index contributed by atoms with van der Waals surface area (Å²) >= 11 is 0. The summed E-state index contributed by atoms with van der Waals surface area (Å²) < 4.78 is 0. The van der Waals surface area contributed by atoms with Gasteiger partial charge >= 0.3 is 0 Å². The SMILES string of the molecule is N[C@H](CO)[C@@H](O)c1ccccn1. The van der Waals surface area contributed by atoms with Gasteiger partial charge in [-0.25, -0.2) is 0 Å². The van der Waals surface area contributed by atoms with Crippen molar-refractivity contribution in [2.24, 2.45) is 5.73 Å². The third kappa shape index (κ3) is 2.01. The molecule has 4 nitrogen and oxygen atoms in total. The monoisotopic (exact) mass is 168 g/mol. The van der Waals surface area contributed by atoms with Crippen molar-refractivity contribution in [1.29, 1.82) is 0 Å². The van der Waals surface area contributed by atoms with E-state index in [0.717, 1.165) is 0 Å². The van der Waals surface area contributed by atoms with E-state index in [1.807, 2.05) is 0 Å². The van der Waals surface area contributed by atoms with Crippen LogP contribution >= 0.6 is 0 Å². The van der Waals surface area contributed by atoms with Crippen LogP contribution in [0.1, 0.15) is 11.8 Å². The minimum atomic E-state index is -0.892. The standard InChI is InChI=1S/C8H12N2O2/c9-6(5-11)8(12)7-3-1-2-4-10-7/h1-4,6,8,11-12H,5,9H2/t6-,8-/m1/s1. The first-order chi connectivity index (χ1) is 5.75. The van der Waals surface area contributed by atoms with E-state index in [-0.39, 0.29) is 6.61 Å². The van der Waals surface area contributed by atoms with Crippen LogP contribution < -0.4 is 5.73 Å². The van der Waals surface area contributed by atoms with E-state index >= 15 is 0 Å². The molecule has 0 aromatic carbocycles. The Bertz CT molecular complexity index is 228. The highest BCUT2D eigenvalue weighted by atomic mass is 16.3. The molecule has 1 rings (SSSR count). The molecular weight excluding hydrogens is 156 g/mol. The van der Waals surface area contributed by atoms with E-state index < -0.39 is 12.1 Å². The molecular formula is C8H12N2O2. The first-order valence-electron chi connectivity index (χ1n) is 3.71. The van der Waals surface area contributed by atoms with Crippen LogP contribution in [0.15, 0.2) is 24.4 Å². The van der Waals surface area contributed by atoms with Gasteiger partial charge in [-0.3, -0.25) is 4.98 Å². The Morgan fingerprint density at radius 1 is 1.50 bits per heavy atom. The average molecular weight is 168 g/mol. The van der Waals surface area contributed by atoms with Gasteiger partial charge in [0.05, 0.1) is 18.3 Å². The predicted octanol–water partition coefficient (Wildman–Crippen LogP) is -0.565. The normalized spacial score (nSPS) is 15.6. The van der Waals surface area contributed by atoms with E-state index in [1.54, 1.807) is 24.4 Å². The Kier molecular flexibility index (Phi) is 3.16. The fraction of sp³-hybridized carbons (Fsp3) is 0.375. The number of aliphatic hydroxyl groups is 2. The van der Waals surface area contributed by atoms with Crippen molar-refractivity contribution in [2.75, 3.05) is 6.61 Å². The van der Waals surface area contributed by atoms with Gasteiger partial charge in [0.2, 0.25) is 0 Å². The highest BCUT2D eigenvalue weighted by molar-refractivity contribution is 5.08. The molecule has 0 aliphatic rings. The number of hydrogen-bond acceptors (Lipinski definition) is 4. The summed E-state index contributed by atoms with van der Waals surface area (Å²) in [5, 5.41) is 18.1. The Balaban J connectivity index is 2.71. The van der Waals surface area contributed by atoms with E-state index in [2.05, 4.69) is 4.98 Å². The molecule has 1 aromatic heterocycles. The lowest BCUT2D eigenvalue weighted by molar-refractivity contribution is 0.106. The largest absolute Gasteiger partial charge is 0.395 e. The number of pyridine rings is 1. The Labute approximate surface area is 70.7 Å². The van der Waals surface area contributed by atoms with Crippen LogP contribution in [0.5, 0.6) is 0 Å². The molecule has 1 aromatic rings. The predicted molar refractivity (Wildman–Crippen MR) is 44.3 cm³/mol. The maximum atomic E-state index is 9.44. The smallest absolute Gasteiger partial charge is 0.113 e.